The van der Waals surface area contributed by atoms with Crippen LogP contribution in [0.4, 0.5) is 0 Å². The second-order valence-corrected chi connectivity index (χ2v) is 17.5. The third-order valence-electron chi connectivity index (χ3n) is 11.8. The second kappa shape index (κ2) is 40.9. The molecule has 1 heterocycles. The van der Waals surface area contributed by atoms with Gasteiger partial charge in [-0.2, -0.15) is 0 Å². The number of allylic oxidation sites excluding steroid dienone is 3. The smallest absolute Gasteiger partial charge is 0.305 e. The van der Waals surface area contributed by atoms with Crippen molar-refractivity contribution in [1.82, 2.24) is 5.32 Å². The average molecular weight is 868 g/mol. The molecule has 1 amide bonds. The molecule has 7 unspecified atom stereocenters. The molecule has 1 aliphatic heterocycles. The fourth-order valence-corrected chi connectivity index (χ4v) is 7.72. The van der Waals surface area contributed by atoms with Gasteiger partial charge in [0.05, 0.1) is 32.0 Å². The minimum absolute atomic E-state index is 0.0565. The van der Waals surface area contributed by atoms with Crippen LogP contribution in [0.5, 0.6) is 0 Å². The molecule has 61 heavy (non-hydrogen) atoms. The van der Waals surface area contributed by atoms with Gasteiger partial charge in [-0.3, -0.25) is 9.59 Å². The van der Waals surface area contributed by atoms with Crippen molar-refractivity contribution in [2.24, 2.45) is 0 Å². The predicted octanol–water partition coefficient (Wildman–Crippen LogP) is 9.83. The van der Waals surface area contributed by atoms with Crippen LogP contribution in [0, 0.1) is 0 Å². The number of hydrogen-bond donors (Lipinski definition) is 6. The number of esters is 1. The van der Waals surface area contributed by atoms with E-state index in [1.165, 1.54) is 103 Å². The lowest BCUT2D eigenvalue weighted by molar-refractivity contribution is -0.302. The van der Waals surface area contributed by atoms with Gasteiger partial charge < -0.3 is 45.1 Å². The van der Waals surface area contributed by atoms with Gasteiger partial charge in [-0.1, -0.05) is 173 Å². The molecule has 0 aromatic heterocycles. The number of aliphatic hydroxyl groups excluding tert-OH is 5. The Kier molecular flexibility index (Phi) is 38.3. The Balaban J connectivity index is 2.18. The molecule has 358 valence electrons. The molecule has 11 heteroatoms. The van der Waals surface area contributed by atoms with Crippen molar-refractivity contribution < 1.29 is 49.3 Å². The summed E-state index contributed by atoms with van der Waals surface area (Å²) >= 11 is 0. The molecule has 1 saturated heterocycles. The summed E-state index contributed by atoms with van der Waals surface area (Å²) in [6, 6.07) is -0.828. The van der Waals surface area contributed by atoms with E-state index in [0.717, 1.165) is 89.9 Å². The van der Waals surface area contributed by atoms with Gasteiger partial charge in [0.2, 0.25) is 5.91 Å². The van der Waals surface area contributed by atoms with Gasteiger partial charge >= 0.3 is 5.97 Å². The first-order valence-electron chi connectivity index (χ1n) is 25.1. The largest absolute Gasteiger partial charge is 0.466 e. The second-order valence-electron chi connectivity index (χ2n) is 17.5. The van der Waals surface area contributed by atoms with E-state index in [2.05, 4.69) is 31.3 Å². The highest BCUT2D eigenvalue weighted by atomic mass is 16.7. The summed E-state index contributed by atoms with van der Waals surface area (Å²) in [6.45, 7) is 4.19. The van der Waals surface area contributed by atoms with E-state index in [1.54, 1.807) is 6.08 Å². The van der Waals surface area contributed by atoms with Crippen LogP contribution in [0.1, 0.15) is 219 Å². The summed E-state index contributed by atoms with van der Waals surface area (Å²) in [6.07, 6.45) is 35.5. The summed E-state index contributed by atoms with van der Waals surface area (Å²) in [5.74, 6) is -0.270. The van der Waals surface area contributed by atoms with Gasteiger partial charge in [0, 0.05) is 12.8 Å². The molecule has 0 saturated carbocycles. The van der Waals surface area contributed by atoms with Crippen LogP contribution in [0.15, 0.2) is 24.3 Å². The molecule has 11 nitrogen and oxygen atoms in total. The lowest BCUT2D eigenvalue weighted by atomic mass is 9.99. The highest BCUT2D eigenvalue weighted by Gasteiger charge is 2.44. The lowest BCUT2D eigenvalue weighted by Crippen LogP contribution is -2.60. The number of aliphatic hydroxyl groups is 5. The summed E-state index contributed by atoms with van der Waals surface area (Å²) in [7, 11) is 0. The van der Waals surface area contributed by atoms with Crippen LogP contribution in [0.25, 0.3) is 0 Å². The van der Waals surface area contributed by atoms with Crippen molar-refractivity contribution in [3.8, 4) is 0 Å². The number of unbranched alkanes of at least 4 members (excludes halogenated alkanes) is 26. The van der Waals surface area contributed by atoms with Crippen LogP contribution < -0.4 is 5.32 Å². The molecule has 1 rings (SSSR count). The molecule has 0 aromatic rings. The van der Waals surface area contributed by atoms with Crippen molar-refractivity contribution in [3.05, 3.63) is 24.3 Å². The Labute approximate surface area is 371 Å². The first-order valence-corrected chi connectivity index (χ1v) is 25.1. The number of rotatable bonds is 42. The monoisotopic (exact) mass is 868 g/mol. The van der Waals surface area contributed by atoms with E-state index >= 15 is 0 Å². The minimum atomic E-state index is -1.58. The number of carbonyl (C=O) groups is 2. The Hall–Kier alpha value is -1.86. The molecule has 7 atom stereocenters. The zero-order valence-electron chi connectivity index (χ0n) is 38.9. The summed E-state index contributed by atoms with van der Waals surface area (Å²) in [4.78, 5) is 25.0. The fourth-order valence-electron chi connectivity index (χ4n) is 7.72. The van der Waals surface area contributed by atoms with Crippen molar-refractivity contribution >= 4 is 11.9 Å². The van der Waals surface area contributed by atoms with Gasteiger partial charge in [0.25, 0.3) is 0 Å². The summed E-state index contributed by atoms with van der Waals surface area (Å²) in [5.41, 5.74) is 0. The molecule has 0 spiro atoms. The first kappa shape index (κ1) is 57.2. The highest BCUT2D eigenvalue weighted by molar-refractivity contribution is 5.76. The van der Waals surface area contributed by atoms with Gasteiger partial charge in [-0.25, -0.2) is 0 Å². The molecule has 1 fully saturated rings. The number of amides is 1. The van der Waals surface area contributed by atoms with Crippen LogP contribution in [0.3, 0.4) is 0 Å². The first-order chi connectivity index (χ1) is 29.7. The van der Waals surface area contributed by atoms with Crippen LogP contribution in [0.2, 0.25) is 0 Å². The van der Waals surface area contributed by atoms with Gasteiger partial charge in [-0.05, 0) is 57.8 Å². The molecule has 0 radical (unpaired) electrons. The zero-order valence-corrected chi connectivity index (χ0v) is 38.9. The maximum atomic E-state index is 12.9. The maximum Gasteiger partial charge on any atom is 0.305 e. The van der Waals surface area contributed by atoms with Gasteiger partial charge in [0.15, 0.2) is 6.29 Å². The molecule has 0 aliphatic carbocycles. The Morgan fingerprint density at radius 3 is 1.57 bits per heavy atom. The quantitative estimate of drug-likeness (QED) is 0.0197. The van der Waals surface area contributed by atoms with Crippen LogP contribution in [-0.2, 0) is 23.8 Å². The number of hydrogen-bond acceptors (Lipinski definition) is 10. The van der Waals surface area contributed by atoms with E-state index in [0.29, 0.717) is 19.4 Å². The van der Waals surface area contributed by atoms with Gasteiger partial charge in [-0.15, -0.1) is 0 Å². The standard InChI is InChI=1S/C50H93NO10/c1-3-5-7-9-11-13-14-15-18-22-26-30-34-38-46(55)59-39-35-31-27-23-19-16-17-21-25-29-33-37-45(54)51-42(43(53)36-32-28-24-20-12-10-8-6-4-2)41-60-50-49(58)48(57)47(56)44(40-52)61-50/h19,23,32,36,42-44,47-50,52-53,56-58H,3-18,20-22,24-31,33-35,37-41H2,1-2H3,(H,51,54)/b23-19-,36-32+. The highest BCUT2D eigenvalue weighted by Crippen LogP contribution is 2.23. The molecule has 0 aromatic carbocycles. The third-order valence-corrected chi connectivity index (χ3v) is 11.8. The fraction of sp³-hybridized carbons (Fsp3) is 0.880. The van der Waals surface area contributed by atoms with Crippen molar-refractivity contribution in [2.75, 3.05) is 19.8 Å². The number of nitrogens with one attached hydrogen (secondary N) is 1. The SMILES string of the molecule is CCCCCCCCC/C=C/C(O)C(COC1OC(CO)C(O)C(O)C1O)NC(=O)CCCCCCC/C=C\CCCCOC(=O)CCCCCCCCCCCCCCC. The molecule has 6 N–H and O–H groups in total. The third kappa shape index (κ3) is 31.6. The van der Waals surface area contributed by atoms with Crippen LogP contribution in [-0.4, -0.2) is 100 Å². The van der Waals surface area contributed by atoms with Crippen molar-refractivity contribution in [1.29, 1.82) is 0 Å². The summed E-state index contributed by atoms with van der Waals surface area (Å²) in [5, 5.41) is 54.0. The number of ether oxygens (including phenoxy) is 3. The summed E-state index contributed by atoms with van der Waals surface area (Å²) < 4.78 is 16.6. The lowest BCUT2D eigenvalue weighted by Gasteiger charge is -2.40. The Bertz CT molecular complexity index is 1070. The molecule has 1 aliphatic rings. The zero-order chi connectivity index (χ0) is 44.6. The van der Waals surface area contributed by atoms with Crippen LogP contribution >= 0.6 is 0 Å². The van der Waals surface area contributed by atoms with E-state index in [9.17, 15) is 35.1 Å². The van der Waals surface area contributed by atoms with E-state index in [-0.39, 0.29) is 18.5 Å². The van der Waals surface area contributed by atoms with E-state index < -0.39 is 49.5 Å². The number of carbonyl (C=O) groups excluding carboxylic acids is 2. The normalized spacial score (nSPS) is 20.4. The van der Waals surface area contributed by atoms with Crippen molar-refractivity contribution in [3.63, 3.8) is 0 Å². The molecular weight excluding hydrogens is 775 g/mol. The molecule has 0 bridgehead atoms. The van der Waals surface area contributed by atoms with Crippen molar-refractivity contribution in [2.45, 2.75) is 262 Å². The molecular formula is C50H93NO10. The Morgan fingerprint density at radius 1 is 0.590 bits per heavy atom. The van der Waals surface area contributed by atoms with E-state index in [4.69, 9.17) is 14.2 Å². The maximum absolute atomic E-state index is 12.9. The Morgan fingerprint density at radius 2 is 1.05 bits per heavy atom. The van der Waals surface area contributed by atoms with Gasteiger partial charge in [0.1, 0.15) is 24.4 Å². The predicted molar refractivity (Wildman–Crippen MR) is 246 cm³/mol. The van der Waals surface area contributed by atoms with E-state index in [1.807, 2.05) is 6.08 Å². The average Bonchev–Trinajstić information content (AvgIpc) is 3.25. The minimum Gasteiger partial charge on any atom is -0.466 e. The topological polar surface area (TPSA) is 175 Å².